The minimum Gasteiger partial charge on any atom is -0.484 e. The summed E-state index contributed by atoms with van der Waals surface area (Å²) in [5.41, 5.74) is 0.725. The van der Waals surface area contributed by atoms with Gasteiger partial charge in [0.05, 0.1) is 5.60 Å². The Morgan fingerprint density at radius 2 is 1.79 bits per heavy atom. The molecule has 2 aliphatic rings. The molecular weight excluding hydrogens is 368 g/mol. The summed E-state index contributed by atoms with van der Waals surface area (Å²) in [6.45, 7) is 2.81. The van der Waals surface area contributed by atoms with Crippen LogP contribution in [0.25, 0.3) is 0 Å². The van der Waals surface area contributed by atoms with Gasteiger partial charge in [0.2, 0.25) is 0 Å². The van der Waals surface area contributed by atoms with E-state index < -0.39 is 11.1 Å². The van der Waals surface area contributed by atoms with Crippen LogP contribution in [-0.2, 0) is 9.53 Å². The number of nitrogens with one attached hydrogen (secondary N) is 1. The molecule has 0 radical (unpaired) electrons. The Bertz CT molecular complexity index is 902. The lowest BCUT2D eigenvalue weighted by molar-refractivity contribution is -0.150. The molecule has 2 amide bonds. The minimum absolute atomic E-state index is 0.0217. The summed E-state index contributed by atoms with van der Waals surface area (Å²) in [5, 5.41) is 3.17. The molecular formula is C23H26N2O4. The molecule has 0 unspecified atom stereocenters. The smallest absolute Gasteiger partial charge is 0.260 e. The van der Waals surface area contributed by atoms with Crippen molar-refractivity contribution in [2.24, 2.45) is 0 Å². The molecule has 1 aliphatic heterocycles. The predicted molar refractivity (Wildman–Crippen MR) is 109 cm³/mol. The van der Waals surface area contributed by atoms with E-state index in [9.17, 15) is 9.59 Å². The Morgan fingerprint density at radius 1 is 1.07 bits per heavy atom. The molecule has 0 spiro atoms. The van der Waals surface area contributed by atoms with Crippen LogP contribution in [0.4, 0.5) is 0 Å². The van der Waals surface area contributed by atoms with E-state index >= 15 is 0 Å². The Morgan fingerprint density at radius 3 is 2.41 bits per heavy atom. The summed E-state index contributed by atoms with van der Waals surface area (Å²) in [6.07, 6.45) is 1.75. The maximum Gasteiger partial charge on any atom is 0.260 e. The molecule has 1 N–H and O–H groups in total. The number of nitrogens with zero attached hydrogens (tertiary/aromatic N) is 1. The van der Waals surface area contributed by atoms with Crippen molar-refractivity contribution in [2.75, 3.05) is 26.8 Å². The fourth-order valence-corrected chi connectivity index (χ4v) is 4.07. The van der Waals surface area contributed by atoms with Crippen LogP contribution in [0.3, 0.4) is 0 Å². The Balaban J connectivity index is 1.40. The minimum atomic E-state index is -0.562. The van der Waals surface area contributed by atoms with Gasteiger partial charge < -0.3 is 19.7 Å². The molecule has 0 aromatic heterocycles. The molecule has 2 fully saturated rings. The standard InChI is InChI=1S/C23H26N2O4/c1-17-7-6-10-19(13-17)29-14-20(26)25-15-22(16-25,23(28-2)11-12-23)24-21(27)18-8-4-3-5-9-18/h3-10,13H,11-12,14-16H2,1-2H3,(H,24,27). The lowest BCUT2D eigenvalue weighted by atomic mass is 9.81. The lowest BCUT2D eigenvalue weighted by Gasteiger charge is -2.54. The van der Waals surface area contributed by atoms with Gasteiger partial charge in [0, 0.05) is 25.8 Å². The van der Waals surface area contributed by atoms with Crippen LogP contribution in [0.1, 0.15) is 28.8 Å². The first-order valence-electron chi connectivity index (χ1n) is 9.87. The molecule has 6 heteroatoms. The van der Waals surface area contributed by atoms with Crippen molar-refractivity contribution in [3.63, 3.8) is 0 Å². The number of amides is 2. The van der Waals surface area contributed by atoms with E-state index in [2.05, 4.69) is 5.32 Å². The second kappa shape index (κ2) is 7.52. The average Bonchev–Trinajstić information content (AvgIpc) is 3.50. The van der Waals surface area contributed by atoms with E-state index in [0.717, 1.165) is 18.4 Å². The SMILES string of the molecule is COC1(C2(NC(=O)c3ccccc3)CN(C(=O)COc3cccc(C)c3)C2)CC1. The molecule has 0 bridgehead atoms. The van der Waals surface area contributed by atoms with Gasteiger partial charge in [-0.2, -0.15) is 0 Å². The van der Waals surface area contributed by atoms with Crippen LogP contribution in [0.2, 0.25) is 0 Å². The van der Waals surface area contributed by atoms with Crippen molar-refractivity contribution in [3.8, 4) is 5.75 Å². The van der Waals surface area contributed by atoms with Crippen molar-refractivity contribution in [3.05, 3.63) is 65.7 Å². The van der Waals surface area contributed by atoms with Gasteiger partial charge in [-0.05, 0) is 49.6 Å². The van der Waals surface area contributed by atoms with Gasteiger partial charge in [-0.1, -0.05) is 30.3 Å². The highest BCUT2D eigenvalue weighted by Crippen LogP contribution is 2.51. The van der Waals surface area contributed by atoms with Crippen molar-refractivity contribution in [1.82, 2.24) is 10.2 Å². The van der Waals surface area contributed by atoms with Crippen molar-refractivity contribution in [2.45, 2.75) is 30.9 Å². The van der Waals surface area contributed by atoms with E-state index in [1.165, 1.54) is 0 Å². The van der Waals surface area contributed by atoms with E-state index in [1.807, 2.05) is 49.4 Å². The molecule has 1 aliphatic carbocycles. The van der Waals surface area contributed by atoms with Crippen molar-refractivity contribution in [1.29, 1.82) is 0 Å². The molecule has 1 heterocycles. The average molecular weight is 394 g/mol. The number of methoxy groups -OCH3 is 1. The third-order valence-corrected chi connectivity index (χ3v) is 5.98. The van der Waals surface area contributed by atoms with E-state index in [0.29, 0.717) is 24.4 Å². The number of ether oxygens (including phenoxy) is 2. The largest absolute Gasteiger partial charge is 0.484 e. The van der Waals surface area contributed by atoms with Gasteiger partial charge in [-0.3, -0.25) is 9.59 Å². The number of aryl methyl sites for hydroxylation is 1. The molecule has 2 aromatic rings. The topological polar surface area (TPSA) is 67.9 Å². The summed E-state index contributed by atoms with van der Waals surface area (Å²) in [5.74, 6) is 0.443. The number of carbonyl (C=O) groups excluding carboxylic acids is 2. The molecule has 6 nitrogen and oxygen atoms in total. The monoisotopic (exact) mass is 394 g/mol. The lowest BCUT2D eigenvalue weighted by Crippen LogP contribution is -2.78. The quantitative estimate of drug-likeness (QED) is 0.784. The summed E-state index contributed by atoms with van der Waals surface area (Å²) in [7, 11) is 1.68. The van der Waals surface area contributed by atoms with Gasteiger partial charge >= 0.3 is 0 Å². The first-order valence-corrected chi connectivity index (χ1v) is 9.87. The molecule has 2 aromatic carbocycles. The Hall–Kier alpha value is -2.86. The van der Waals surface area contributed by atoms with Gasteiger partial charge in [0.25, 0.3) is 11.8 Å². The van der Waals surface area contributed by atoms with Crippen LogP contribution in [0.5, 0.6) is 5.75 Å². The predicted octanol–water partition coefficient (Wildman–Crippen LogP) is 2.56. The third kappa shape index (κ3) is 3.72. The number of rotatable bonds is 7. The number of carbonyl (C=O) groups is 2. The van der Waals surface area contributed by atoms with Gasteiger partial charge in [-0.15, -0.1) is 0 Å². The molecule has 1 saturated carbocycles. The fraction of sp³-hybridized carbons (Fsp3) is 0.391. The molecule has 4 rings (SSSR count). The van der Waals surface area contributed by atoms with Crippen LogP contribution in [0.15, 0.2) is 54.6 Å². The zero-order valence-corrected chi connectivity index (χ0v) is 16.8. The first-order chi connectivity index (χ1) is 14.0. The number of likely N-dealkylation sites (tertiary alicyclic amines) is 1. The zero-order chi connectivity index (χ0) is 20.5. The number of hydrogen-bond acceptors (Lipinski definition) is 4. The maximum atomic E-state index is 12.8. The van der Waals surface area contributed by atoms with Crippen LogP contribution < -0.4 is 10.1 Å². The van der Waals surface area contributed by atoms with Gasteiger partial charge in [-0.25, -0.2) is 0 Å². The maximum absolute atomic E-state index is 12.8. The Kier molecular flexibility index (Phi) is 5.04. The van der Waals surface area contributed by atoms with E-state index in [1.54, 1.807) is 24.1 Å². The highest BCUT2D eigenvalue weighted by atomic mass is 16.5. The summed E-state index contributed by atoms with van der Waals surface area (Å²) >= 11 is 0. The zero-order valence-electron chi connectivity index (χ0n) is 16.8. The van der Waals surface area contributed by atoms with Gasteiger partial charge in [0.1, 0.15) is 11.3 Å². The normalized spacial score (nSPS) is 18.5. The second-order valence-corrected chi connectivity index (χ2v) is 7.96. The molecule has 152 valence electrons. The summed E-state index contributed by atoms with van der Waals surface area (Å²) < 4.78 is 11.4. The Labute approximate surface area is 170 Å². The second-order valence-electron chi connectivity index (χ2n) is 7.96. The number of benzene rings is 2. The summed E-state index contributed by atoms with van der Waals surface area (Å²) in [4.78, 5) is 27.1. The van der Waals surface area contributed by atoms with E-state index in [4.69, 9.17) is 9.47 Å². The van der Waals surface area contributed by atoms with E-state index in [-0.39, 0.29) is 18.4 Å². The third-order valence-electron chi connectivity index (χ3n) is 5.98. The summed E-state index contributed by atoms with van der Waals surface area (Å²) in [6, 6.07) is 16.7. The molecule has 1 saturated heterocycles. The molecule has 0 atom stereocenters. The highest BCUT2D eigenvalue weighted by molar-refractivity contribution is 5.95. The van der Waals surface area contributed by atoms with Crippen molar-refractivity contribution < 1.29 is 19.1 Å². The highest BCUT2D eigenvalue weighted by Gasteiger charge is 2.66. The van der Waals surface area contributed by atoms with Crippen LogP contribution in [0, 0.1) is 6.92 Å². The molecule has 29 heavy (non-hydrogen) atoms. The van der Waals surface area contributed by atoms with Gasteiger partial charge in [0.15, 0.2) is 6.61 Å². The fourth-order valence-electron chi connectivity index (χ4n) is 4.07. The van der Waals surface area contributed by atoms with Crippen LogP contribution >= 0.6 is 0 Å². The van der Waals surface area contributed by atoms with Crippen LogP contribution in [-0.4, -0.2) is 54.7 Å². The first kappa shape index (κ1) is 19.5. The number of hydrogen-bond donors (Lipinski definition) is 1. The van der Waals surface area contributed by atoms with Crippen molar-refractivity contribution >= 4 is 11.8 Å².